The minimum atomic E-state index is -0.726. The van der Waals surface area contributed by atoms with E-state index in [2.05, 4.69) is 10.6 Å². The average Bonchev–Trinajstić information content (AvgIpc) is 2.59. The summed E-state index contributed by atoms with van der Waals surface area (Å²) in [6, 6.07) is 2.16. The van der Waals surface area contributed by atoms with Gasteiger partial charge in [0.15, 0.2) is 11.5 Å². The number of hydrogen-bond donors (Lipinski definition) is 2. The van der Waals surface area contributed by atoms with Crippen molar-refractivity contribution in [3.05, 3.63) is 34.0 Å². The second kappa shape index (κ2) is 7.65. The van der Waals surface area contributed by atoms with Crippen LogP contribution in [0.4, 0.5) is 4.79 Å². The molecule has 1 aliphatic heterocycles. The zero-order valence-corrected chi connectivity index (χ0v) is 15.5. The second-order valence-corrected chi connectivity index (χ2v) is 6.15. The Bertz CT molecular complexity index is 730. The van der Waals surface area contributed by atoms with Gasteiger partial charge in [-0.2, -0.15) is 0 Å². The van der Waals surface area contributed by atoms with Crippen molar-refractivity contribution >= 4 is 23.6 Å². The summed E-state index contributed by atoms with van der Waals surface area (Å²) in [5.74, 6) is 0.152. The third-order valence-electron chi connectivity index (χ3n) is 3.87. The molecule has 1 aromatic carbocycles. The van der Waals surface area contributed by atoms with Crippen LogP contribution in [0.5, 0.6) is 11.5 Å². The van der Waals surface area contributed by atoms with Gasteiger partial charge in [-0.1, -0.05) is 25.4 Å². The fraction of sp³-hybridized carbons (Fsp3) is 0.412. The summed E-state index contributed by atoms with van der Waals surface area (Å²) in [4.78, 5) is 24.5. The zero-order chi connectivity index (χ0) is 18.7. The average molecular weight is 369 g/mol. The zero-order valence-electron chi connectivity index (χ0n) is 14.7. The van der Waals surface area contributed by atoms with Crippen molar-refractivity contribution in [2.75, 3.05) is 21.3 Å². The van der Waals surface area contributed by atoms with E-state index < -0.39 is 18.0 Å². The molecule has 0 saturated heterocycles. The predicted octanol–water partition coefficient (Wildman–Crippen LogP) is 2.79. The molecular formula is C17H21ClN2O5. The van der Waals surface area contributed by atoms with E-state index in [-0.39, 0.29) is 5.92 Å². The highest BCUT2D eigenvalue weighted by Crippen LogP contribution is 2.40. The molecular weight excluding hydrogens is 348 g/mol. The lowest BCUT2D eigenvalue weighted by atomic mass is 9.91. The summed E-state index contributed by atoms with van der Waals surface area (Å²) >= 11 is 6.26. The van der Waals surface area contributed by atoms with Gasteiger partial charge in [0.05, 0.1) is 38.0 Å². The summed E-state index contributed by atoms with van der Waals surface area (Å²) in [7, 11) is 4.25. The molecule has 2 rings (SSSR count). The van der Waals surface area contributed by atoms with Gasteiger partial charge in [-0.05, 0) is 23.6 Å². The van der Waals surface area contributed by atoms with E-state index in [1.165, 1.54) is 21.3 Å². The number of hydrogen-bond acceptors (Lipinski definition) is 5. The van der Waals surface area contributed by atoms with Gasteiger partial charge in [0, 0.05) is 5.70 Å². The van der Waals surface area contributed by atoms with Gasteiger partial charge in [-0.25, -0.2) is 9.59 Å². The molecule has 2 amide bonds. The molecule has 1 unspecified atom stereocenters. The molecule has 0 aromatic heterocycles. The molecule has 0 fully saturated rings. The van der Waals surface area contributed by atoms with Crippen molar-refractivity contribution in [2.45, 2.75) is 19.9 Å². The van der Waals surface area contributed by atoms with E-state index in [9.17, 15) is 9.59 Å². The fourth-order valence-electron chi connectivity index (χ4n) is 2.73. The Morgan fingerprint density at radius 1 is 1.20 bits per heavy atom. The number of halogens is 1. The summed E-state index contributed by atoms with van der Waals surface area (Å²) in [5.41, 5.74) is 1.41. The molecule has 25 heavy (non-hydrogen) atoms. The first-order valence-corrected chi connectivity index (χ1v) is 8.03. The minimum absolute atomic E-state index is 0.0849. The van der Waals surface area contributed by atoms with Gasteiger partial charge >= 0.3 is 12.0 Å². The standard InChI is InChI=1S/C17H21ClN2O5/c1-8(2)13-12(16(21)25-5)14(20-17(22)19-13)9-6-10(18)15(24-4)11(7-9)23-3/h6-8,14H,1-5H3,(H2,19,20,22). The van der Waals surface area contributed by atoms with E-state index in [1.54, 1.807) is 12.1 Å². The van der Waals surface area contributed by atoms with E-state index in [4.69, 9.17) is 25.8 Å². The van der Waals surface area contributed by atoms with E-state index >= 15 is 0 Å². The molecule has 1 aliphatic rings. The monoisotopic (exact) mass is 368 g/mol. The normalized spacial score (nSPS) is 17.1. The highest BCUT2D eigenvalue weighted by Gasteiger charge is 2.35. The maximum Gasteiger partial charge on any atom is 0.337 e. The SMILES string of the molecule is COC(=O)C1=C(C(C)C)NC(=O)NC1c1cc(Cl)c(OC)c(OC)c1. The number of benzene rings is 1. The molecule has 2 N–H and O–H groups in total. The molecule has 0 aliphatic carbocycles. The number of carbonyl (C=O) groups is 2. The second-order valence-electron chi connectivity index (χ2n) is 5.74. The van der Waals surface area contributed by atoms with Crippen molar-refractivity contribution in [2.24, 2.45) is 5.92 Å². The van der Waals surface area contributed by atoms with Crippen LogP contribution in [0.15, 0.2) is 23.4 Å². The maximum absolute atomic E-state index is 12.4. The summed E-state index contributed by atoms with van der Waals surface area (Å²) in [5, 5.41) is 5.73. The number of ether oxygens (including phenoxy) is 3. The van der Waals surface area contributed by atoms with Crippen LogP contribution in [0.3, 0.4) is 0 Å². The maximum atomic E-state index is 12.4. The number of rotatable bonds is 5. The number of carbonyl (C=O) groups excluding carboxylic acids is 2. The molecule has 1 aromatic rings. The van der Waals surface area contributed by atoms with Crippen LogP contribution in [0.1, 0.15) is 25.5 Å². The molecule has 1 atom stereocenters. The van der Waals surface area contributed by atoms with Crippen molar-refractivity contribution in [3.8, 4) is 11.5 Å². The van der Waals surface area contributed by atoms with Crippen LogP contribution in [0, 0.1) is 5.92 Å². The summed E-state index contributed by atoms with van der Waals surface area (Å²) in [6.07, 6.45) is 0. The van der Waals surface area contributed by atoms with Gasteiger partial charge in [0.1, 0.15) is 0 Å². The third kappa shape index (κ3) is 3.66. The topological polar surface area (TPSA) is 85.9 Å². The Morgan fingerprint density at radius 2 is 1.88 bits per heavy atom. The largest absolute Gasteiger partial charge is 0.493 e. The van der Waals surface area contributed by atoms with Crippen LogP contribution in [-0.2, 0) is 9.53 Å². The first-order valence-electron chi connectivity index (χ1n) is 7.65. The van der Waals surface area contributed by atoms with Gasteiger partial charge in [0.2, 0.25) is 0 Å². The number of amides is 2. The van der Waals surface area contributed by atoms with Crippen molar-refractivity contribution in [1.82, 2.24) is 10.6 Å². The number of nitrogens with one attached hydrogen (secondary N) is 2. The van der Waals surface area contributed by atoms with Crippen LogP contribution >= 0.6 is 11.6 Å². The minimum Gasteiger partial charge on any atom is -0.493 e. The molecule has 0 saturated carbocycles. The quantitative estimate of drug-likeness (QED) is 0.780. The molecule has 0 spiro atoms. The van der Waals surface area contributed by atoms with Gasteiger partial charge in [-0.15, -0.1) is 0 Å². The lowest BCUT2D eigenvalue weighted by Crippen LogP contribution is -2.47. The first-order chi connectivity index (χ1) is 11.8. The van der Waals surface area contributed by atoms with E-state index in [0.29, 0.717) is 33.4 Å². The Morgan fingerprint density at radius 3 is 2.40 bits per heavy atom. The van der Waals surface area contributed by atoms with Gasteiger partial charge < -0.3 is 24.8 Å². The van der Waals surface area contributed by atoms with Crippen LogP contribution in [-0.4, -0.2) is 33.3 Å². The Kier molecular flexibility index (Phi) is 5.79. The number of methoxy groups -OCH3 is 3. The van der Waals surface area contributed by atoms with Crippen LogP contribution in [0.25, 0.3) is 0 Å². The summed E-state index contributed by atoms with van der Waals surface area (Å²) in [6.45, 7) is 3.75. The smallest absolute Gasteiger partial charge is 0.337 e. The van der Waals surface area contributed by atoms with Crippen molar-refractivity contribution in [3.63, 3.8) is 0 Å². The van der Waals surface area contributed by atoms with E-state index in [0.717, 1.165) is 0 Å². The number of allylic oxidation sites excluding steroid dienone is 1. The molecule has 1 heterocycles. The Balaban J connectivity index is 2.66. The van der Waals surface area contributed by atoms with Crippen molar-refractivity contribution in [1.29, 1.82) is 0 Å². The third-order valence-corrected chi connectivity index (χ3v) is 4.16. The molecule has 0 radical (unpaired) electrons. The Hall–Kier alpha value is -2.41. The molecule has 0 bridgehead atoms. The molecule has 136 valence electrons. The molecule has 7 nitrogen and oxygen atoms in total. The fourth-order valence-corrected chi connectivity index (χ4v) is 3.03. The van der Waals surface area contributed by atoms with Crippen molar-refractivity contribution < 1.29 is 23.8 Å². The van der Waals surface area contributed by atoms with Crippen LogP contribution in [0.2, 0.25) is 5.02 Å². The van der Waals surface area contributed by atoms with E-state index in [1.807, 2.05) is 13.8 Å². The highest BCUT2D eigenvalue weighted by molar-refractivity contribution is 6.32. The molecule has 8 heteroatoms. The number of urea groups is 1. The number of esters is 1. The predicted molar refractivity (Wildman–Crippen MR) is 92.8 cm³/mol. The lowest BCUT2D eigenvalue weighted by Gasteiger charge is -2.31. The lowest BCUT2D eigenvalue weighted by molar-refractivity contribution is -0.136. The highest BCUT2D eigenvalue weighted by atomic mass is 35.5. The Labute approximate surface area is 151 Å². The van der Waals surface area contributed by atoms with Gasteiger partial charge in [0.25, 0.3) is 0 Å². The first kappa shape index (κ1) is 18.9. The van der Waals surface area contributed by atoms with Gasteiger partial charge in [-0.3, -0.25) is 0 Å². The summed E-state index contributed by atoms with van der Waals surface area (Å²) < 4.78 is 15.4. The van der Waals surface area contributed by atoms with Crippen LogP contribution < -0.4 is 20.1 Å².